The summed E-state index contributed by atoms with van der Waals surface area (Å²) in [4.78, 5) is 17.2. The van der Waals surface area contributed by atoms with Crippen molar-refractivity contribution in [3.05, 3.63) is 29.3 Å². The number of likely N-dealkylation sites (tertiary alicyclic amines) is 1. The first-order chi connectivity index (χ1) is 12.1. The topological polar surface area (TPSA) is 44.8 Å². The number of rotatable bonds is 3. The number of nitrogens with one attached hydrogen (secondary N) is 1. The molecule has 0 bridgehead atoms. The van der Waals surface area contributed by atoms with E-state index in [0.29, 0.717) is 0 Å². The Morgan fingerprint density at radius 1 is 1.28 bits per heavy atom. The maximum Gasteiger partial charge on any atom is 0.339 e. The standard InChI is InChI=1S/C20H29N3O2/c1-22-11-5-15(6-12-22)14-23(2)16-3-4-18-17(13-16)19(24)25-20(18)7-9-21-10-8-20/h3-4,13,15,21H,5-12,14H2,1-2H3. The number of hydrogen-bond donors (Lipinski definition) is 1. The molecule has 0 atom stereocenters. The van der Waals surface area contributed by atoms with Crippen molar-refractivity contribution in [3.8, 4) is 0 Å². The number of nitrogens with zero attached hydrogens (tertiary/aromatic N) is 2. The van der Waals surface area contributed by atoms with Crippen LogP contribution in [0.25, 0.3) is 0 Å². The Labute approximate surface area is 150 Å². The van der Waals surface area contributed by atoms with Gasteiger partial charge in [-0.3, -0.25) is 0 Å². The summed E-state index contributed by atoms with van der Waals surface area (Å²) in [6, 6.07) is 6.34. The van der Waals surface area contributed by atoms with E-state index in [1.54, 1.807) is 0 Å². The van der Waals surface area contributed by atoms with E-state index >= 15 is 0 Å². The van der Waals surface area contributed by atoms with Gasteiger partial charge in [-0.1, -0.05) is 6.07 Å². The van der Waals surface area contributed by atoms with Crippen LogP contribution in [0.4, 0.5) is 5.69 Å². The first kappa shape index (κ1) is 16.9. The van der Waals surface area contributed by atoms with Gasteiger partial charge < -0.3 is 19.9 Å². The molecule has 1 aromatic carbocycles. The molecule has 1 spiro atoms. The van der Waals surface area contributed by atoms with Crippen molar-refractivity contribution in [1.82, 2.24) is 10.2 Å². The Kier molecular flexibility index (Phi) is 4.46. The largest absolute Gasteiger partial charge is 0.450 e. The molecule has 3 heterocycles. The Morgan fingerprint density at radius 2 is 2.00 bits per heavy atom. The van der Waals surface area contributed by atoms with Crippen LogP contribution in [-0.4, -0.2) is 57.7 Å². The molecule has 0 aliphatic carbocycles. The lowest BCUT2D eigenvalue weighted by Crippen LogP contribution is -2.40. The zero-order chi connectivity index (χ0) is 17.4. The highest BCUT2D eigenvalue weighted by Gasteiger charge is 2.46. The number of benzene rings is 1. The molecule has 4 rings (SSSR count). The molecule has 5 heteroatoms. The maximum absolute atomic E-state index is 12.5. The smallest absolute Gasteiger partial charge is 0.339 e. The predicted octanol–water partition coefficient (Wildman–Crippen LogP) is 2.21. The minimum Gasteiger partial charge on any atom is -0.450 e. The lowest BCUT2D eigenvalue weighted by atomic mass is 9.84. The van der Waals surface area contributed by atoms with Crippen LogP contribution in [0.1, 0.15) is 41.6 Å². The molecule has 2 fully saturated rings. The number of ether oxygens (including phenoxy) is 1. The van der Waals surface area contributed by atoms with Gasteiger partial charge in [0.2, 0.25) is 0 Å². The van der Waals surface area contributed by atoms with E-state index in [-0.39, 0.29) is 11.6 Å². The first-order valence-corrected chi connectivity index (χ1v) is 9.56. The van der Waals surface area contributed by atoms with Crippen molar-refractivity contribution < 1.29 is 9.53 Å². The second-order valence-corrected chi connectivity index (χ2v) is 7.99. The van der Waals surface area contributed by atoms with Crippen LogP contribution in [0.5, 0.6) is 0 Å². The highest BCUT2D eigenvalue weighted by molar-refractivity contribution is 5.96. The Hall–Kier alpha value is -1.59. The highest BCUT2D eigenvalue weighted by atomic mass is 16.6. The van der Waals surface area contributed by atoms with Gasteiger partial charge in [0.15, 0.2) is 0 Å². The van der Waals surface area contributed by atoms with Crippen LogP contribution >= 0.6 is 0 Å². The van der Waals surface area contributed by atoms with Crippen molar-refractivity contribution >= 4 is 11.7 Å². The Balaban J connectivity index is 1.51. The van der Waals surface area contributed by atoms with Gasteiger partial charge in [-0.2, -0.15) is 0 Å². The van der Waals surface area contributed by atoms with Crippen molar-refractivity contribution in [2.75, 3.05) is 51.7 Å². The van der Waals surface area contributed by atoms with E-state index in [4.69, 9.17) is 4.74 Å². The molecule has 2 saturated heterocycles. The molecular weight excluding hydrogens is 314 g/mol. The molecule has 0 aromatic heterocycles. The fourth-order valence-corrected chi connectivity index (χ4v) is 4.56. The van der Waals surface area contributed by atoms with Crippen molar-refractivity contribution in [2.24, 2.45) is 5.92 Å². The van der Waals surface area contributed by atoms with Crippen LogP contribution in [0.2, 0.25) is 0 Å². The molecule has 0 radical (unpaired) electrons. The highest BCUT2D eigenvalue weighted by Crippen LogP contribution is 2.43. The summed E-state index contributed by atoms with van der Waals surface area (Å²) in [5.74, 6) is 0.587. The van der Waals surface area contributed by atoms with Gasteiger partial charge in [0.25, 0.3) is 0 Å². The normalized spacial score (nSPS) is 23.5. The Bertz CT molecular complexity index is 646. The summed E-state index contributed by atoms with van der Waals surface area (Å²) in [6.45, 7) is 5.24. The molecule has 0 unspecified atom stereocenters. The second kappa shape index (κ2) is 6.61. The number of hydrogen-bond acceptors (Lipinski definition) is 5. The van der Waals surface area contributed by atoms with Crippen LogP contribution in [-0.2, 0) is 10.3 Å². The molecule has 25 heavy (non-hydrogen) atoms. The van der Waals surface area contributed by atoms with Crippen LogP contribution < -0.4 is 10.2 Å². The van der Waals surface area contributed by atoms with Crippen LogP contribution in [0.15, 0.2) is 18.2 Å². The van der Waals surface area contributed by atoms with E-state index in [1.807, 2.05) is 6.07 Å². The van der Waals surface area contributed by atoms with Crippen LogP contribution in [0.3, 0.4) is 0 Å². The summed E-state index contributed by atoms with van der Waals surface area (Å²) >= 11 is 0. The van der Waals surface area contributed by atoms with Gasteiger partial charge in [0.1, 0.15) is 5.60 Å². The molecule has 1 N–H and O–H groups in total. The third-order valence-electron chi connectivity index (χ3n) is 6.22. The SMILES string of the molecule is CN1CCC(CN(C)c2ccc3c(c2)C(=O)OC32CCNCC2)CC1. The van der Waals surface area contributed by atoms with Crippen molar-refractivity contribution in [2.45, 2.75) is 31.3 Å². The molecule has 5 nitrogen and oxygen atoms in total. The van der Waals surface area contributed by atoms with Crippen molar-refractivity contribution in [1.29, 1.82) is 0 Å². The summed E-state index contributed by atoms with van der Waals surface area (Å²) < 4.78 is 5.85. The number of esters is 1. The van der Waals surface area contributed by atoms with Gasteiger partial charge in [0.05, 0.1) is 5.56 Å². The molecule has 3 aliphatic rings. The van der Waals surface area contributed by atoms with E-state index in [2.05, 4.69) is 41.3 Å². The third-order valence-corrected chi connectivity index (χ3v) is 6.22. The number of carbonyl (C=O) groups is 1. The minimum absolute atomic E-state index is 0.147. The zero-order valence-corrected chi connectivity index (χ0v) is 15.4. The molecule has 3 aliphatic heterocycles. The molecular formula is C20H29N3O2. The average Bonchev–Trinajstić information content (AvgIpc) is 2.89. The lowest BCUT2D eigenvalue weighted by molar-refractivity contribution is -0.0241. The second-order valence-electron chi connectivity index (χ2n) is 7.99. The number of carbonyl (C=O) groups excluding carboxylic acids is 1. The fraction of sp³-hybridized carbons (Fsp3) is 0.650. The number of piperidine rings is 2. The maximum atomic E-state index is 12.5. The summed E-state index contributed by atoms with van der Waals surface area (Å²) in [7, 11) is 4.34. The summed E-state index contributed by atoms with van der Waals surface area (Å²) in [5, 5.41) is 3.36. The first-order valence-electron chi connectivity index (χ1n) is 9.56. The van der Waals surface area contributed by atoms with E-state index < -0.39 is 0 Å². The fourth-order valence-electron chi connectivity index (χ4n) is 4.56. The number of fused-ring (bicyclic) bond motifs is 2. The molecule has 0 saturated carbocycles. The summed E-state index contributed by atoms with van der Waals surface area (Å²) in [5.41, 5.74) is 2.61. The lowest BCUT2D eigenvalue weighted by Gasteiger charge is -2.34. The average molecular weight is 343 g/mol. The number of anilines is 1. The quantitative estimate of drug-likeness (QED) is 0.853. The van der Waals surface area contributed by atoms with E-state index in [0.717, 1.165) is 55.2 Å². The van der Waals surface area contributed by atoms with Gasteiger partial charge in [-0.05, 0) is 64.1 Å². The van der Waals surface area contributed by atoms with Gasteiger partial charge in [0, 0.05) is 37.7 Å². The minimum atomic E-state index is -0.386. The monoisotopic (exact) mass is 343 g/mol. The van der Waals surface area contributed by atoms with Crippen LogP contribution in [0, 0.1) is 5.92 Å². The molecule has 0 amide bonds. The molecule has 1 aromatic rings. The van der Waals surface area contributed by atoms with E-state index in [9.17, 15) is 4.79 Å². The molecule has 136 valence electrons. The Morgan fingerprint density at radius 3 is 2.72 bits per heavy atom. The third kappa shape index (κ3) is 3.15. The van der Waals surface area contributed by atoms with Gasteiger partial charge in [-0.15, -0.1) is 0 Å². The van der Waals surface area contributed by atoms with Gasteiger partial charge in [-0.25, -0.2) is 4.79 Å². The van der Waals surface area contributed by atoms with Gasteiger partial charge >= 0.3 is 5.97 Å². The summed E-state index contributed by atoms with van der Waals surface area (Å²) in [6.07, 6.45) is 4.25. The van der Waals surface area contributed by atoms with Crippen molar-refractivity contribution in [3.63, 3.8) is 0 Å². The zero-order valence-electron chi connectivity index (χ0n) is 15.4. The predicted molar refractivity (Wildman–Crippen MR) is 99.1 cm³/mol. The van der Waals surface area contributed by atoms with E-state index in [1.165, 1.54) is 25.9 Å².